The summed E-state index contributed by atoms with van der Waals surface area (Å²) in [7, 11) is 0. The molecular weight excluding hydrogens is 221 g/mol. The predicted octanol–water partition coefficient (Wildman–Crippen LogP) is 3.97. The fourth-order valence-electron chi connectivity index (χ4n) is 1.19. The van der Waals surface area contributed by atoms with E-state index in [1.54, 1.807) is 0 Å². The van der Waals surface area contributed by atoms with E-state index in [9.17, 15) is 18.0 Å². The molecule has 0 rings (SSSR count). The normalized spacial score (nSPS) is 10.0. The Morgan fingerprint density at radius 1 is 1.00 bits per heavy atom. The highest BCUT2D eigenvalue weighted by Crippen LogP contribution is 2.11. The van der Waals surface area contributed by atoms with Crippen molar-refractivity contribution in [1.82, 2.24) is 0 Å². The molecule has 0 unspecified atom stereocenters. The second-order valence-electron chi connectivity index (χ2n) is 3.48. The van der Waals surface area contributed by atoms with E-state index >= 15 is 0 Å². The van der Waals surface area contributed by atoms with Crippen molar-refractivity contribution >= 4 is 5.97 Å². The molecule has 16 heavy (non-hydrogen) atoms. The third-order valence-corrected chi connectivity index (χ3v) is 2.08. The van der Waals surface area contributed by atoms with E-state index in [1.165, 1.54) is 0 Å². The molecule has 0 amide bonds. The summed E-state index contributed by atoms with van der Waals surface area (Å²) in [6.45, 7) is 2.09. The second-order valence-corrected chi connectivity index (χ2v) is 3.48. The first-order valence-corrected chi connectivity index (χ1v) is 5.47. The Kier molecular flexibility index (Phi) is 8.66. The maximum absolute atomic E-state index is 12.2. The summed E-state index contributed by atoms with van der Waals surface area (Å²) in [4.78, 5) is 10.6. The van der Waals surface area contributed by atoms with Gasteiger partial charge in [0.1, 0.15) is 0 Å². The topological polar surface area (TPSA) is 26.3 Å². The Morgan fingerprint density at radius 3 is 2.12 bits per heavy atom. The largest absolute Gasteiger partial charge is 0.460 e. The van der Waals surface area contributed by atoms with E-state index in [0.717, 1.165) is 32.1 Å². The van der Waals surface area contributed by atoms with Crippen molar-refractivity contribution in [3.8, 4) is 0 Å². The van der Waals surface area contributed by atoms with Crippen molar-refractivity contribution in [3.63, 3.8) is 0 Å². The van der Waals surface area contributed by atoms with Crippen LogP contribution in [0.2, 0.25) is 0 Å². The van der Waals surface area contributed by atoms with Crippen LogP contribution >= 0.6 is 0 Å². The molecule has 0 aliphatic rings. The summed E-state index contributed by atoms with van der Waals surface area (Å²) in [5, 5.41) is 0. The highest BCUT2D eigenvalue weighted by atomic mass is 19.3. The molecule has 0 radical (unpaired) electrons. The number of carbonyl (C=O) groups is 1. The maximum Gasteiger partial charge on any atom is 0.372 e. The fraction of sp³-hybridized carbons (Fsp3) is 0.727. The average Bonchev–Trinajstić information content (AvgIpc) is 2.26. The van der Waals surface area contributed by atoms with Gasteiger partial charge < -0.3 is 4.74 Å². The molecule has 0 aliphatic carbocycles. The molecular formula is C11H17F3O2. The zero-order valence-electron chi connectivity index (χ0n) is 9.40. The van der Waals surface area contributed by atoms with Crippen LogP contribution in [0.4, 0.5) is 13.2 Å². The van der Waals surface area contributed by atoms with Crippen LogP contribution in [0.15, 0.2) is 11.9 Å². The highest BCUT2D eigenvalue weighted by Gasteiger charge is 2.16. The van der Waals surface area contributed by atoms with E-state index in [1.807, 2.05) is 0 Å². The molecule has 5 heteroatoms. The van der Waals surface area contributed by atoms with Crippen LogP contribution in [0.1, 0.15) is 45.4 Å². The monoisotopic (exact) mass is 238 g/mol. The van der Waals surface area contributed by atoms with Crippen molar-refractivity contribution in [2.45, 2.75) is 45.4 Å². The Balaban J connectivity index is 3.46. The van der Waals surface area contributed by atoms with Gasteiger partial charge in [-0.05, 0) is 6.42 Å². The number of hydrogen-bond donors (Lipinski definition) is 0. The van der Waals surface area contributed by atoms with Crippen molar-refractivity contribution in [1.29, 1.82) is 0 Å². The van der Waals surface area contributed by atoms with Gasteiger partial charge >= 0.3 is 12.0 Å². The summed E-state index contributed by atoms with van der Waals surface area (Å²) in [6, 6.07) is 0. The zero-order chi connectivity index (χ0) is 12.4. The van der Waals surface area contributed by atoms with Crippen molar-refractivity contribution in [2.75, 3.05) is 6.61 Å². The molecule has 0 aromatic heterocycles. The van der Waals surface area contributed by atoms with E-state index in [0.29, 0.717) is 6.42 Å². The van der Waals surface area contributed by atoms with Gasteiger partial charge in [0.05, 0.1) is 6.61 Å². The zero-order valence-corrected chi connectivity index (χ0v) is 9.40. The molecule has 0 bridgehead atoms. The van der Waals surface area contributed by atoms with Gasteiger partial charge in [0.15, 0.2) is 0 Å². The molecule has 0 spiro atoms. The van der Waals surface area contributed by atoms with Gasteiger partial charge in [-0.3, -0.25) is 0 Å². The first-order chi connectivity index (χ1) is 7.59. The number of carbonyl (C=O) groups excluding carboxylic acids is 1. The molecule has 0 fully saturated rings. The lowest BCUT2D eigenvalue weighted by molar-refractivity contribution is -0.141. The van der Waals surface area contributed by atoms with Gasteiger partial charge in [-0.25, -0.2) is 4.79 Å². The minimum absolute atomic E-state index is 0.00828. The maximum atomic E-state index is 12.2. The Labute approximate surface area is 93.5 Å². The number of esters is 1. The van der Waals surface area contributed by atoms with Crippen LogP contribution in [-0.2, 0) is 9.53 Å². The average molecular weight is 238 g/mol. The third-order valence-electron chi connectivity index (χ3n) is 2.08. The summed E-state index contributed by atoms with van der Waals surface area (Å²) in [6.07, 6.45) is 3.23. The van der Waals surface area contributed by atoms with Crippen molar-refractivity contribution in [2.24, 2.45) is 0 Å². The first kappa shape index (κ1) is 15.0. The van der Waals surface area contributed by atoms with Crippen LogP contribution < -0.4 is 0 Å². The van der Waals surface area contributed by atoms with Gasteiger partial charge in [-0.1, -0.05) is 39.0 Å². The van der Waals surface area contributed by atoms with Gasteiger partial charge in [-0.2, -0.15) is 13.2 Å². The van der Waals surface area contributed by atoms with Crippen LogP contribution in [-0.4, -0.2) is 12.6 Å². The molecule has 0 N–H and O–H groups in total. The lowest BCUT2D eigenvalue weighted by Gasteiger charge is -2.02. The van der Waals surface area contributed by atoms with Crippen LogP contribution in [0.3, 0.4) is 0 Å². The van der Waals surface area contributed by atoms with Crippen LogP contribution in [0.25, 0.3) is 0 Å². The summed E-state index contributed by atoms with van der Waals surface area (Å²) in [5.41, 5.74) is 0. The quantitative estimate of drug-likeness (QED) is 0.363. The standard InChI is InChI=1S/C11H17F3O2/c1-2-3-4-5-6-7-8-16-11(15)9(12)10(13)14/h2-8H2,1H3. The molecule has 0 heterocycles. The van der Waals surface area contributed by atoms with E-state index < -0.39 is 17.9 Å². The molecule has 0 aromatic rings. The summed E-state index contributed by atoms with van der Waals surface area (Å²) >= 11 is 0. The highest BCUT2D eigenvalue weighted by molar-refractivity contribution is 5.86. The second kappa shape index (κ2) is 9.24. The van der Waals surface area contributed by atoms with Crippen LogP contribution in [0, 0.1) is 0 Å². The molecule has 0 saturated carbocycles. The number of halogens is 3. The minimum atomic E-state index is -2.63. The Hall–Kier alpha value is -1.00. The molecule has 0 aliphatic heterocycles. The van der Waals surface area contributed by atoms with Crippen molar-refractivity contribution in [3.05, 3.63) is 11.9 Å². The number of hydrogen-bond acceptors (Lipinski definition) is 2. The SMILES string of the molecule is CCCCCCCCOC(=O)C(F)=C(F)F. The van der Waals surface area contributed by atoms with Gasteiger partial charge in [-0.15, -0.1) is 0 Å². The summed E-state index contributed by atoms with van der Waals surface area (Å²) < 4.78 is 39.8. The van der Waals surface area contributed by atoms with E-state index in [4.69, 9.17) is 0 Å². The van der Waals surface area contributed by atoms with E-state index in [2.05, 4.69) is 11.7 Å². The third kappa shape index (κ3) is 7.31. The van der Waals surface area contributed by atoms with Gasteiger partial charge in [0, 0.05) is 0 Å². The fourth-order valence-corrected chi connectivity index (χ4v) is 1.19. The van der Waals surface area contributed by atoms with Crippen molar-refractivity contribution < 1.29 is 22.7 Å². The van der Waals surface area contributed by atoms with E-state index in [-0.39, 0.29) is 6.61 Å². The number of unbranched alkanes of at least 4 members (excludes halogenated alkanes) is 5. The number of ether oxygens (including phenoxy) is 1. The van der Waals surface area contributed by atoms with Gasteiger partial charge in [0.2, 0.25) is 0 Å². The molecule has 0 aromatic carbocycles. The molecule has 2 nitrogen and oxygen atoms in total. The first-order valence-electron chi connectivity index (χ1n) is 5.47. The summed E-state index contributed by atoms with van der Waals surface area (Å²) in [5.74, 6) is -3.67. The van der Waals surface area contributed by atoms with Gasteiger partial charge in [0.25, 0.3) is 5.83 Å². The Bertz CT molecular complexity index is 235. The lowest BCUT2D eigenvalue weighted by Crippen LogP contribution is -2.07. The minimum Gasteiger partial charge on any atom is -0.460 e. The smallest absolute Gasteiger partial charge is 0.372 e. The number of rotatable bonds is 8. The molecule has 94 valence electrons. The molecule has 0 saturated heterocycles. The lowest BCUT2D eigenvalue weighted by atomic mass is 10.1. The van der Waals surface area contributed by atoms with Crippen LogP contribution in [0.5, 0.6) is 0 Å². The predicted molar refractivity (Wildman–Crippen MR) is 54.7 cm³/mol. The Morgan fingerprint density at radius 2 is 1.56 bits per heavy atom. The molecule has 0 atom stereocenters.